The van der Waals surface area contributed by atoms with Gasteiger partial charge < -0.3 is 26.0 Å². The maximum atomic E-state index is 9.85. The number of para-hydroxylation sites is 1. The normalized spacial score (nSPS) is 13.9. The van der Waals surface area contributed by atoms with E-state index in [1.54, 1.807) is 17.8 Å². The van der Waals surface area contributed by atoms with Gasteiger partial charge in [0.15, 0.2) is 0 Å². The Kier molecular flexibility index (Phi) is 8.92. The van der Waals surface area contributed by atoms with E-state index in [0.29, 0.717) is 5.69 Å². The van der Waals surface area contributed by atoms with Crippen LogP contribution in [-0.2, 0) is 0 Å². The molecule has 0 atom stereocenters. The number of phenolic OH excluding ortho intramolecular Hbond substituents is 1. The number of anilines is 3. The summed E-state index contributed by atoms with van der Waals surface area (Å²) in [5.41, 5.74) is 11.8. The fourth-order valence-corrected chi connectivity index (χ4v) is 4.44. The molecular weight excluding hydrogens is 428 g/mol. The molecule has 4 N–H and O–H groups in total. The number of nitrogens with one attached hydrogen (secondary N) is 1. The lowest BCUT2D eigenvalue weighted by atomic mass is 10.0. The van der Waals surface area contributed by atoms with E-state index < -0.39 is 0 Å². The molecule has 0 saturated carbocycles. The molecule has 1 aliphatic heterocycles. The van der Waals surface area contributed by atoms with Crippen LogP contribution in [0.4, 0.5) is 17.1 Å². The molecule has 6 heteroatoms. The van der Waals surface area contributed by atoms with E-state index in [1.165, 1.54) is 41.5 Å². The summed E-state index contributed by atoms with van der Waals surface area (Å²) in [5, 5.41) is 13.0. The fourth-order valence-electron chi connectivity index (χ4n) is 4.04. The number of hydrogen-bond donors (Lipinski definition) is 3. The van der Waals surface area contributed by atoms with Gasteiger partial charge >= 0.3 is 0 Å². The molecule has 1 fully saturated rings. The van der Waals surface area contributed by atoms with Crippen LogP contribution < -0.4 is 16.0 Å². The second-order valence-electron chi connectivity index (χ2n) is 8.14. The average Bonchev–Trinajstić information content (AvgIpc) is 2.86. The molecule has 1 aliphatic rings. The molecule has 5 nitrogen and oxygen atoms in total. The lowest BCUT2D eigenvalue weighted by Gasteiger charge is -2.36. The third-order valence-corrected chi connectivity index (χ3v) is 6.86. The Morgan fingerprint density at radius 2 is 1.70 bits per heavy atom. The van der Waals surface area contributed by atoms with Crippen molar-refractivity contribution in [2.75, 3.05) is 62.0 Å². The Hall–Kier alpha value is -2.83. The Morgan fingerprint density at radius 3 is 2.27 bits per heavy atom. The molecule has 1 heterocycles. The number of nitrogens with zero attached hydrogens (tertiary/aromatic N) is 2. The highest BCUT2D eigenvalue weighted by molar-refractivity contribution is 7.98. The number of benzene rings is 3. The second kappa shape index (κ2) is 11.9. The summed E-state index contributed by atoms with van der Waals surface area (Å²) < 4.78 is 0. The molecule has 176 valence electrons. The van der Waals surface area contributed by atoms with Crippen molar-refractivity contribution in [1.29, 1.82) is 0 Å². The Balaban J connectivity index is 0.000000186. The minimum Gasteiger partial charge on any atom is -0.505 e. The molecule has 0 aliphatic carbocycles. The van der Waals surface area contributed by atoms with Gasteiger partial charge in [0.1, 0.15) is 5.75 Å². The van der Waals surface area contributed by atoms with E-state index in [4.69, 9.17) is 5.73 Å². The molecule has 3 aromatic carbocycles. The molecule has 0 unspecified atom stereocenters. The van der Waals surface area contributed by atoms with Crippen molar-refractivity contribution in [2.24, 2.45) is 0 Å². The molecule has 0 bridgehead atoms. The van der Waals surface area contributed by atoms with Crippen LogP contribution in [0.2, 0.25) is 0 Å². The number of nitrogens with two attached hydrogens (primary N) is 1. The van der Waals surface area contributed by atoms with Gasteiger partial charge in [0.2, 0.25) is 0 Å². The van der Waals surface area contributed by atoms with Gasteiger partial charge in [-0.15, -0.1) is 11.8 Å². The maximum absolute atomic E-state index is 9.85. The summed E-state index contributed by atoms with van der Waals surface area (Å²) in [4.78, 5) is 6.21. The number of hydrogen-bond acceptors (Lipinski definition) is 6. The summed E-state index contributed by atoms with van der Waals surface area (Å²) in [6.45, 7) is 10.3. The van der Waals surface area contributed by atoms with Crippen molar-refractivity contribution in [1.82, 2.24) is 4.90 Å². The van der Waals surface area contributed by atoms with E-state index in [0.717, 1.165) is 24.2 Å². The largest absolute Gasteiger partial charge is 0.505 e. The second-order valence-corrected chi connectivity index (χ2v) is 9.02. The highest BCUT2D eigenvalue weighted by atomic mass is 32.2. The van der Waals surface area contributed by atoms with Gasteiger partial charge in [-0.3, -0.25) is 0 Å². The number of phenols is 1. The molecule has 3 aromatic rings. The van der Waals surface area contributed by atoms with Crippen LogP contribution >= 0.6 is 11.8 Å². The first kappa shape index (κ1) is 24.8. The Morgan fingerprint density at radius 1 is 1.00 bits per heavy atom. The topological polar surface area (TPSA) is 64.8 Å². The lowest BCUT2D eigenvalue weighted by Crippen LogP contribution is -2.46. The van der Waals surface area contributed by atoms with Crippen LogP contribution in [0.5, 0.6) is 5.75 Å². The van der Waals surface area contributed by atoms with Gasteiger partial charge in [0.25, 0.3) is 0 Å². The first-order valence-electron chi connectivity index (χ1n) is 11.4. The number of thioether (sulfide) groups is 1. The predicted octanol–water partition coefficient (Wildman–Crippen LogP) is 5.54. The first-order valence-corrected chi connectivity index (χ1v) is 12.7. The van der Waals surface area contributed by atoms with Gasteiger partial charge in [-0.2, -0.15) is 0 Å². The quantitative estimate of drug-likeness (QED) is 0.262. The van der Waals surface area contributed by atoms with Gasteiger partial charge in [-0.1, -0.05) is 31.2 Å². The monoisotopic (exact) mass is 464 g/mol. The van der Waals surface area contributed by atoms with Crippen molar-refractivity contribution >= 4 is 28.8 Å². The van der Waals surface area contributed by atoms with Crippen molar-refractivity contribution in [3.05, 3.63) is 66.2 Å². The number of rotatable bonds is 5. The van der Waals surface area contributed by atoms with E-state index in [2.05, 4.69) is 47.2 Å². The molecule has 33 heavy (non-hydrogen) atoms. The zero-order valence-corrected chi connectivity index (χ0v) is 21.0. The minimum absolute atomic E-state index is 0.152. The first-order chi connectivity index (χ1) is 16.0. The summed E-state index contributed by atoms with van der Waals surface area (Å²) in [5.74, 6) is 0.152. The number of nitrogen functional groups attached to an aromatic ring is 1. The average molecular weight is 465 g/mol. The molecular formula is C27H36N4OS. The molecule has 0 spiro atoms. The van der Waals surface area contributed by atoms with Gasteiger partial charge in [-0.05, 0) is 67.2 Å². The summed E-state index contributed by atoms with van der Waals surface area (Å²) in [6.07, 6.45) is 2.03. The number of piperazine rings is 1. The standard InChI is InChI=1S/C14H23N3.C13H13NOS/c1-4-16-7-9-17(10-8-16)14-6-5-13(15-3)11-12(14)2;1-16-10-7-5-9(6-8-10)11-3-2-4-12(14)13(11)15/h5-6,11,15H,4,7-10H2,1-3H3;2-8,15H,14H2,1H3. The van der Waals surface area contributed by atoms with Gasteiger partial charge in [-0.25, -0.2) is 0 Å². The summed E-state index contributed by atoms with van der Waals surface area (Å²) in [6, 6.07) is 20.0. The Labute approximate surface area is 202 Å². The molecule has 1 saturated heterocycles. The summed E-state index contributed by atoms with van der Waals surface area (Å²) >= 11 is 1.69. The van der Waals surface area contributed by atoms with Crippen LogP contribution in [0.1, 0.15) is 12.5 Å². The van der Waals surface area contributed by atoms with E-state index in [-0.39, 0.29) is 5.75 Å². The van der Waals surface area contributed by atoms with E-state index in [9.17, 15) is 5.11 Å². The Bertz CT molecular complexity index is 1030. The van der Waals surface area contributed by atoms with Crippen LogP contribution in [0.3, 0.4) is 0 Å². The maximum Gasteiger partial charge on any atom is 0.146 e. The SMILES string of the molecule is CCN1CCN(c2ccc(NC)cc2C)CC1.CSc1ccc(-c2cccc(N)c2O)cc1. The van der Waals surface area contributed by atoms with Crippen molar-refractivity contribution in [2.45, 2.75) is 18.7 Å². The lowest BCUT2D eigenvalue weighted by molar-refractivity contribution is 0.271. The third kappa shape index (κ3) is 6.36. The van der Waals surface area contributed by atoms with Crippen LogP contribution in [0.25, 0.3) is 11.1 Å². The smallest absolute Gasteiger partial charge is 0.146 e. The van der Waals surface area contributed by atoms with Crippen molar-refractivity contribution in [3.63, 3.8) is 0 Å². The van der Waals surface area contributed by atoms with Crippen LogP contribution in [0, 0.1) is 6.92 Å². The number of aromatic hydroxyl groups is 1. The highest BCUT2D eigenvalue weighted by Crippen LogP contribution is 2.34. The van der Waals surface area contributed by atoms with Gasteiger partial charge in [0, 0.05) is 55.1 Å². The fraction of sp³-hybridized carbons (Fsp3) is 0.333. The van der Waals surface area contributed by atoms with E-state index in [1.807, 2.05) is 49.7 Å². The molecule has 0 radical (unpaired) electrons. The zero-order chi connectivity index (χ0) is 23.8. The van der Waals surface area contributed by atoms with Crippen molar-refractivity contribution in [3.8, 4) is 16.9 Å². The predicted molar refractivity (Wildman–Crippen MR) is 145 cm³/mol. The van der Waals surface area contributed by atoms with Gasteiger partial charge in [0.05, 0.1) is 5.69 Å². The molecule has 4 rings (SSSR count). The number of likely N-dealkylation sites (N-methyl/N-ethyl adjacent to an activating group) is 1. The van der Waals surface area contributed by atoms with E-state index >= 15 is 0 Å². The molecule has 0 aromatic heterocycles. The number of aryl methyl sites for hydroxylation is 1. The zero-order valence-electron chi connectivity index (χ0n) is 20.1. The summed E-state index contributed by atoms with van der Waals surface area (Å²) in [7, 11) is 1.97. The van der Waals surface area contributed by atoms with Crippen molar-refractivity contribution < 1.29 is 5.11 Å². The molecule has 0 amide bonds. The van der Waals surface area contributed by atoms with Crippen LogP contribution in [0.15, 0.2) is 65.6 Å². The highest BCUT2D eigenvalue weighted by Gasteiger charge is 2.17. The minimum atomic E-state index is 0.152. The third-order valence-electron chi connectivity index (χ3n) is 6.11. The van der Waals surface area contributed by atoms with Crippen LogP contribution in [-0.4, -0.2) is 56.0 Å².